The Labute approximate surface area is 183 Å². The van der Waals surface area contributed by atoms with E-state index >= 15 is 0 Å². The number of rotatable bonds is 5. The third-order valence-electron chi connectivity index (χ3n) is 4.67. The minimum atomic E-state index is 0. The maximum Gasteiger partial charge on any atom is 0.213 e. The Morgan fingerprint density at radius 3 is 2.57 bits per heavy atom. The molecule has 0 aliphatic carbocycles. The van der Waals surface area contributed by atoms with Crippen molar-refractivity contribution in [1.29, 1.82) is 0 Å². The number of nitrogens with one attached hydrogen (secondary N) is 1. The van der Waals surface area contributed by atoms with Crippen molar-refractivity contribution in [3.8, 4) is 11.6 Å². The molecule has 0 saturated carbocycles. The molecule has 152 valence electrons. The lowest BCUT2D eigenvalue weighted by atomic mass is 10.2. The molecule has 0 radical (unpaired) electrons. The molecule has 8 heteroatoms. The lowest BCUT2D eigenvalue weighted by Crippen LogP contribution is -2.52. The predicted octanol–water partition coefficient (Wildman–Crippen LogP) is 2.61. The van der Waals surface area contributed by atoms with Crippen LogP contribution in [0, 0.1) is 0 Å². The van der Waals surface area contributed by atoms with Gasteiger partial charge in [0, 0.05) is 63.8 Å². The highest BCUT2D eigenvalue weighted by atomic mass is 127. The largest absolute Gasteiger partial charge is 0.497 e. The van der Waals surface area contributed by atoms with Crippen molar-refractivity contribution in [3.63, 3.8) is 0 Å². The minimum absolute atomic E-state index is 0. The molecular weight excluding hydrogens is 469 g/mol. The summed E-state index contributed by atoms with van der Waals surface area (Å²) in [6.45, 7) is 4.39. The van der Waals surface area contributed by atoms with Gasteiger partial charge in [0.1, 0.15) is 5.75 Å². The molecule has 0 bridgehead atoms. The van der Waals surface area contributed by atoms with E-state index in [0.29, 0.717) is 12.4 Å². The van der Waals surface area contributed by atoms with E-state index in [1.54, 1.807) is 20.4 Å². The molecule has 1 aromatic heterocycles. The van der Waals surface area contributed by atoms with Crippen molar-refractivity contribution in [2.45, 2.75) is 6.54 Å². The van der Waals surface area contributed by atoms with Gasteiger partial charge in [-0.3, -0.25) is 4.99 Å². The molecule has 0 unspecified atom stereocenters. The van der Waals surface area contributed by atoms with E-state index in [1.807, 2.05) is 31.3 Å². The van der Waals surface area contributed by atoms with Gasteiger partial charge in [-0.05, 0) is 23.8 Å². The Bertz CT molecular complexity index is 779. The van der Waals surface area contributed by atoms with Crippen molar-refractivity contribution < 1.29 is 9.47 Å². The Morgan fingerprint density at radius 2 is 1.89 bits per heavy atom. The van der Waals surface area contributed by atoms with Crippen LogP contribution in [0.5, 0.6) is 11.6 Å². The van der Waals surface area contributed by atoms with Gasteiger partial charge in [0.2, 0.25) is 5.88 Å². The van der Waals surface area contributed by atoms with Crippen LogP contribution in [0.25, 0.3) is 0 Å². The van der Waals surface area contributed by atoms with Crippen LogP contribution in [0.2, 0.25) is 0 Å². The molecule has 1 N–H and O–H groups in total. The van der Waals surface area contributed by atoms with Crippen LogP contribution in [0.1, 0.15) is 5.56 Å². The highest BCUT2D eigenvalue weighted by molar-refractivity contribution is 14.0. The summed E-state index contributed by atoms with van der Waals surface area (Å²) >= 11 is 0. The summed E-state index contributed by atoms with van der Waals surface area (Å²) in [6.07, 6.45) is 1.76. The molecule has 2 aromatic rings. The summed E-state index contributed by atoms with van der Waals surface area (Å²) in [6, 6.07) is 12.1. The summed E-state index contributed by atoms with van der Waals surface area (Å²) in [5.41, 5.74) is 2.30. The third kappa shape index (κ3) is 5.63. The first kappa shape index (κ1) is 22.1. The molecule has 0 atom stereocenters. The summed E-state index contributed by atoms with van der Waals surface area (Å²) in [4.78, 5) is 13.2. The second kappa shape index (κ2) is 10.9. The fourth-order valence-electron chi connectivity index (χ4n) is 3.17. The van der Waals surface area contributed by atoms with Crippen molar-refractivity contribution in [1.82, 2.24) is 15.2 Å². The first-order valence-electron chi connectivity index (χ1n) is 9.07. The standard InChI is InChI=1S/C20H27N5O2.HI/c1-21-20(23-15-16-7-8-22-19(13-16)27-3)25-11-9-24(10-12-25)17-5-4-6-18(14-17)26-2;/h4-8,13-14H,9-12,15H2,1-3H3,(H,21,23);1H. The molecule has 1 aliphatic rings. The van der Waals surface area contributed by atoms with E-state index in [-0.39, 0.29) is 24.0 Å². The molecule has 1 saturated heterocycles. The van der Waals surface area contributed by atoms with E-state index in [0.717, 1.165) is 43.5 Å². The number of ether oxygens (including phenoxy) is 2. The zero-order chi connectivity index (χ0) is 19.1. The van der Waals surface area contributed by atoms with E-state index in [2.05, 4.69) is 37.2 Å². The van der Waals surface area contributed by atoms with E-state index in [9.17, 15) is 0 Å². The molecule has 1 fully saturated rings. The first-order valence-corrected chi connectivity index (χ1v) is 9.07. The smallest absolute Gasteiger partial charge is 0.213 e. The van der Waals surface area contributed by atoms with Crippen molar-refractivity contribution in [2.24, 2.45) is 4.99 Å². The SMILES string of the molecule is CN=C(NCc1ccnc(OC)c1)N1CCN(c2cccc(OC)c2)CC1.I. The number of halogens is 1. The number of aliphatic imine (C=N–C) groups is 1. The first-order chi connectivity index (χ1) is 13.2. The number of anilines is 1. The zero-order valence-corrected chi connectivity index (χ0v) is 18.9. The fourth-order valence-corrected chi connectivity index (χ4v) is 3.17. The number of aromatic nitrogens is 1. The van der Waals surface area contributed by atoms with Crippen molar-refractivity contribution in [2.75, 3.05) is 52.3 Å². The lowest BCUT2D eigenvalue weighted by molar-refractivity contribution is 0.371. The number of hydrogen-bond donors (Lipinski definition) is 1. The number of pyridine rings is 1. The monoisotopic (exact) mass is 497 g/mol. The van der Waals surface area contributed by atoms with Crippen LogP contribution >= 0.6 is 24.0 Å². The average Bonchev–Trinajstić information content (AvgIpc) is 2.75. The van der Waals surface area contributed by atoms with Gasteiger partial charge < -0.3 is 24.6 Å². The van der Waals surface area contributed by atoms with Crippen LogP contribution in [0.4, 0.5) is 5.69 Å². The van der Waals surface area contributed by atoms with Crippen LogP contribution in [-0.2, 0) is 6.54 Å². The summed E-state index contributed by atoms with van der Waals surface area (Å²) < 4.78 is 10.5. The number of methoxy groups -OCH3 is 2. The molecule has 3 rings (SSSR count). The highest BCUT2D eigenvalue weighted by Crippen LogP contribution is 2.22. The number of nitrogens with zero attached hydrogens (tertiary/aromatic N) is 4. The Hall–Kier alpha value is -2.23. The molecule has 0 amide bonds. The molecule has 0 spiro atoms. The number of benzene rings is 1. The van der Waals surface area contributed by atoms with Gasteiger partial charge in [-0.2, -0.15) is 0 Å². The van der Waals surface area contributed by atoms with Gasteiger partial charge in [0.15, 0.2) is 5.96 Å². The van der Waals surface area contributed by atoms with Gasteiger partial charge >= 0.3 is 0 Å². The van der Waals surface area contributed by atoms with E-state index < -0.39 is 0 Å². The average molecular weight is 497 g/mol. The Balaban J connectivity index is 0.00000280. The second-order valence-electron chi connectivity index (χ2n) is 6.28. The number of hydrogen-bond acceptors (Lipinski definition) is 5. The number of piperazine rings is 1. The molecular formula is C20H28IN5O2. The highest BCUT2D eigenvalue weighted by Gasteiger charge is 2.20. The van der Waals surface area contributed by atoms with Crippen LogP contribution in [0.15, 0.2) is 47.6 Å². The quantitative estimate of drug-likeness (QED) is 0.390. The Kier molecular flexibility index (Phi) is 8.62. The molecule has 7 nitrogen and oxygen atoms in total. The Morgan fingerprint density at radius 1 is 1.11 bits per heavy atom. The van der Waals surface area contributed by atoms with Crippen molar-refractivity contribution >= 4 is 35.6 Å². The summed E-state index contributed by atoms with van der Waals surface area (Å²) in [5, 5.41) is 3.43. The zero-order valence-electron chi connectivity index (χ0n) is 16.6. The van der Waals surface area contributed by atoms with Gasteiger partial charge in [-0.25, -0.2) is 4.98 Å². The second-order valence-corrected chi connectivity index (χ2v) is 6.28. The van der Waals surface area contributed by atoms with Crippen molar-refractivity contribution in [3.05, 3.63) is 48.2 Å². The maximum atomic E-state index is 5.33. The minimum Gasteiger partial charge on any atom is -0.497 e. The fraction of sp³-hybridized carbons (Fsp3) is 0.400. The van der Waals surface area contributed by atoms with Gasteiger partial charge in [-0.15, -0.1) is 24.0 Å². The summed E-state index contributed by atoms with van der Waals surface area (Å²) in [7, 11) is 5.15. The maximum absolute atomic E-state index is 5.33. The van der Waals surface area contributed by atoms with Gasteiger partial charge in [0.05, 0.1) is 14.2 Å². The molecule has 2 heterocycles. The summed E-state index contributed by atoms with van der Waals surface area (Å²) in [5.74, 6) is 2.42. The predicted molar refractivity (Wildman–Crippen MR) is 123 cm³/mol. The topological polar surface area (TPSA) is 62.2 Å². The molecule has 28 heavy (non-hydrogen) atoms. The van der Waals surface area contributed by atoms with Gasteiger partial charge in [0.25, 0.3) is 0 Å². The van der Waals surface area contributed by atoms with Crippen LogP contribution in [0.3, 0.4) is 0 Å². The van der Waals surface area contributed by atoms with Gasteiger partial charge in [-0.1, -0.05) is 6.07 Å². The number of guanidine groups is 1. The third-order valence-corrected chi connectivity index (χ3v) is 4.67. The lowest BCUT2D eigenvalue weighted by Gasteiger charge is -2.37. The molecule has 1 aliphatic heterocycles. The van der Waals surface area contributed by atoms with Crippen LogP contribution in [-0.4, -0.2) is 63.3 Å². The van der Waals surface area contributed by atoms with E-state index in [4.69, 9.17) is 9.47 Å². The van der Waals surface area contributed by atoms with Crippen LogP contribution < -0.4 is 19.7 Å². The normalized spacial score (nSPS) is 14.3. The molecule has 1 aromatic carbocycles. The van der Waals surface area contributed by atoms with E-state index in [1.165, 1.54) is 5.69 Å².